The highest BCUT2D eigenvalue weighted by Crippen LogP contribution is 2.51. The molecular formula is C82H55BN4. The van der Waals surface area contributed by atoms with Crippen LogP contribution < -0.4 is 21.3 Å². The zero-order chi connectivity index (χ0) is 68.7. The Hall–Kier alpha value is -10.9. The first-order valence-electron chi connectivity index (χ1n) is 36.0. The summed E-state index contributed by atoms with van der Waals surface area (Å²) in [7, 11) is 0. The van der Waals surface area contributed by atoms with Crippen molar-refractivity contribution in [2.75, 3.05) is 4.90 Å². The summed E-state index contributed by atoms with van der Waals surface area (Å²) in [5.74, 6) is 0. The predicted molar refractivity (Wildman–Crippen MR) is 371 cm³/mol. The van der Waals surface area contributed by atoms with Gasteiger partial charge in [0.1, 0.15) is 0 Å². The summed E-state index contributed by atoms with van der Waals surface area (Å²) in [5.41, 5.74) is 14.4. The average Bonchev–Trinajstić information content (AvgIpc) is 1.46. The minimum absolute atomic E-state index is 0.00688. The highest BCUT2D eigenvalue weighted by molar-refractivity contribution is 7.00. The van der Waals surface area contributed by atoms with E-state index in [1.807, 2.05) is 48.5 Å². The second kappa shape index (κ2) is 17.8. The number of benzene rings is 13. The third-order valence-electron chi connectivity index (χ3n) is 18.6. The van der Waals surface area contributed by atoms with E-state index in [9.17, 15) is 8.22 Å². The van der Waals surface area contributed by atoms with E-state index in [2.05, 4.69) is 186 Å². The van der Waals surface area contributed by atoms with E-state index in [0.29, 0.717) is 11.3 Å². The molecule has 4 aromatic heterocycles. The molecule has 0 bridgehead atoms. The van der Waals surface area contributed by atoms with Crippen LogP contribution in [0.2, 0.25) is 0 Å². The third-order valence-corrected chi connectivity index (χ3v) is 18.6. The van der Waals surface area contributed by atoms with E-state index < -0.39 is 66.5 Å². The van der Waals surface area contributed by atoms with Crippen molar-refractivity contribution in [1.29, 1.82) is 0 Å². The molecule has 0 amide bonds. The fourth-order valence-corrected chi connectivity index (χ4v) is 14.9. The summed E-state index contributed by atoms with van der Waals surface area (Å²) in [5, 5.41) is 9.93. The number of anilines is 3. The summed E-state index contributed by atoms with van der Waals surface area (Å²) >= 11 is 0. The fourth-order valence-electron chi connectivity index (χ4n) is 14.9. The summed E-state index contributed by atoms with van der Waals surface area (Å²) < 4.78 is 125. The van der Waals surface area contributed by atoms with Crippen LogP contribution in [-0.2, 0) is 5.41 Å². The van der Waals surface area contributed by atoms with Crippen molar-refractivity contribution in [3.8, 4) is 33.6 Å². The molecule has 17 aromatic rings. The molecule has 0 radical (unpaired) electrons. The highest BCUT2D eigenvalue weighted by atomic mass is 15.2. The molecule has 87 heavy (non-hydrogen) atoms. The lowest BCUT2D eigenvalue weighted by atomic mass is 9.33. The number of hydrogen-bond donors (Lipinski definition) is 0. The Labute approximate surface area is 521 Å². The molecule has 406 valence electrons. The molecule has 13 aromatic carbocycles. The van der Waals surface area contributed by atoms with Crippen LogP contribution in [0.1, 0.15) is 44.2 Å². The number of hydrogen-bond acceptors (Lipinski definition) is 1. The molecule has 4 nitrogen and oxygen atoms in total. The van der Waals surface area contributed by atoms with Crippen molar-refractivity contribution < 1.29 is 17.8 Å². The average molecular weight is 1120 g/mol. The summed E-state index contributed by atoms with van der Waals surface area (Å²) in [4.78, 5) is 2.34. The minimum Gasteiger partial charge on any atom is -0.311 e. The maximum atomic E-state index is 9.54. The molecule has 0 saturated heterocycles. The van der Waals surface area contributed by atoms with Crippen molar-refractivity contribution >= 4 is 143 Å². The Morgan fingerprint density at radius 1 is 0.345 bits per heavy atom. The topological polar surface area (TPSA) is 17.5 Å². The monoisotopic (exact) mass is 1120 g/mol. The van der Waals surface area contributed by atoms with Crippen LogP contribution in [-0.4, -0.2) is 20.2 Å². The lowest BCUT2D eigenvalue weighted by Gasteiger charge is -2.41. The van der Waals surface area contributed by atoms with Crippen LogP contribution in [0.3, 0.4) is 0 Å². The van der Waals surface area contributed by atoms with E-state index >= 15 is 0 Å². The van der Waals surface area contributed by atoms with Gasteiger partial charge in [-0.3, -0.25) is 0 Å². The summed E-state index contributed by atoms with van der Waals surface area (Å²) in [6, 6.07) is 64.5. The molecule has 19 rings (SSSR count). The first-order chi connectivity index (χ1) is 48.2. The van der Waals surface area contributed by atoms with Crippen molar-refractivity contribution in [2.45, 2.75) is 26.2 Å². The highest BCUT2D eigenvalue weighted by Gasteiger charge is 2.45. The lowest BCUT2D eigenvalue weighted by molar-refractivity contribution is 0.591. The van der Waals surface area contributed by atoms with Gasteiger partial charge in [-0.05, 0) is 138 Å². The van der Waals surface area contributed by atoms with Gasteiger partial charge >= 0.3 is 0 Å². The molecule has 0 spiro atoms. The molecule has 6 heterocycles. The van der Waals surface area contributed by atoms with Gasteiger partial charge in [0.25, 0.3) is 6.71 Å². The van der Waals surface area contributed by atoms with Crippen LogP contribution in [0, 0.1) is 0 Å². The number of nitrogens with zero attached hydrogens (tertiary/aromatic N) is 4. The normalized spacial score (nSPS) is 15.0. The zero-order valence-electron chi connectivity index (χ0n) is 60.4. The van der Waals surface area contributed by atoms with Crippen molar-refractivity contribution in [3.63, 3.8) is 0 Å². The van der Waals surface area contributed by atoms with E-state index in [1.165, 1.54) is 0 Å². The van der Waals surface area contributed by atoms with Crippen molar-refractivity contribution in [2.24, 2.45) is 0 Å². The van der Waals surface area contributed by atoms with Crippen LogP contribution in [0.4, 0.5) is 17.1 Å². The van der Waals surface area contributed by atoms with Crippen LogP contribution in [0.15, 0.2) is 279 Å². The van der Waals surface area contributed by atoms with Gasteiger partial charge < -0.3 is 18.4 Å². The smallest absolute Gasteiger partial charge is 0.252 e. The SMILES string of the molecule is [2H]c1c([2H])c([2H])c(-c2ccc3c(c2)N(c2ccc(-c4ccccc4)cc2)c2c4c(cc5c2c2cccc6c7ccccc7c7ccccc7c7ccccc7n5c62)-n2c5ccc(-n6c7c([2H])c([2H])c([2H])c([2H])c7c7c([2H])c([2H])c([2H])c([2H])c76)cc5c5cc(C(C)(C)C)cc(c52)B34)c([2H])c1[2H]. The number of para-hydroxylation sites is 4. The first-order valence-corrected chi connectivity index (χ1v) is 29.5. The second-order valence-electron chi connectivity index (χ2n) is 24.2. The Bertz CT molecular complexity index is 6580. The van der Waals surface area contributed by atoms with Gasteiger partial charge in [0.15, 0.2) is 0 Å². The molecular weight excluding hydrogens is 1050 g/mol. The van der Waals surface area contributed by atoms with Gasteiger partial charge in [0.2, 0.25) is 0 Å². The predicted octanol–water partition coefficient (Wildman–Crippen LogP) is 19.7. The first kappa shape index (κ1) is 37.4. The minimum atomic E-state index is -0.524. The van der Waals surface area contributed by atoms with Crippen LogP contribution in [0.25, 0.3) is 137 Å². The Morgan fingerprint density at radius 3 is 1.67 bits per heavy atom. The van der Waals surface area contributed by atoms with Crippen molar-refractivity contribution in [1.82, 2.24) is 13.5 Å². The molecule has 0 saturated carbocycles. The van der Waals surface area contributed by atoms with E-state index in [1.54, 1.807) is 4.57 Å². The molecule has 2 aliphatic heterocycles. The van der Waals surface area contributed by atoms with Gasteiger partial charge in [0.05, 0.1) is 56.6 Å². The van der Waals surface area contributed by atoms with Crippen molar-refractivity contribution in [3.05, 3.63) is 284 Å². The van der Waals surface area contributed by atoms with Crippen LogP contribution >= 0.6 is 0 Å². The van der Waals surface area contributed by atoms with Gasteiger partial charge in [-0.1, -0.05) is 233 Å². The molecule has 0 atom stereocenters. The number of fused-ring (bicyclic) bond motifs is 21. The Balaban J connectivity index is 1.04. The van der Waals surface area contributed by atoms with Crippen LogP contribution in [0.5, 0.6) is 0 Å². The van der Waals surface area contributed by atoms with Gasteiger partial charge in [-0.2, -0.15) is 0 Å². The molecule has 5 heteroatoms. The molecule has 0 N–H and O–H groups in total. The maximum absolute atomic E-state index is 9.54. The Kier molecular flexibility index (Phi) is 7.68. The largest absolute Gasteiger partial charge is 0.311 e. The standard InChI is InChI=1S/C82H55BN4/c1-82(2,3)54-46-67-66-48-56(84-70-34-17-15-30-62(70)63-31-16-18-35-71(63)84)42-44-73(66)87-76-49-75-77(65-33-20-32-64-60-28-13-11-26-58(60)57-25-10-12-27-59(57)61-29-14-19-36-72(61)86(75)79(64)65)81-78(76)83(69(47-54)80(67)87)68-43-39-53(51-23-8-5-9-24-51)45-74(68)85(81)55-40-37-52(38-41-55)50-21-6-4-7-22-50/h4-49H,1-3H3/i5D,8D,9D,15D,16D,17D,18D,23D,24D,30D,31D,34D,35D. The summed E-state index contributed by atoms with van der Waals surface area (Å²) in [6.45, 7) is 6.04. The quantitative estimate of drug-likeness (QED) is 0.161. The number of aromatic nitrogens is 3. The maximum Gasteiger partial charge on any atom is 0.252 e. The summed E-state index contributed by atoms with van der Waals surface area (Å²) in [6.07, 6.45) is 0. The van der Waals surface area contributed by atoms with E-state index in [4.69, 9.17) is 9.60 Å². The Morgan fingerprint density at radius 2 is 0.943 bits per heavy atom. The van der Waals surface area contributed by atoms with E-state index in [0.717, 1.165) is 137 Å². The third kappa shape index (κ3) is 6.74. The van der Waals surface area contributed by atoms with Gasteiger partial charge in [-0.15, -0.1) is 0 Å². The van der Waals surface area contributed by atoms with E-state index in [-0.39, 0.29) is 51.5 Å². The fraction of sp³-hybridized carbons (Fsp3) is 0.0488. The molecule has 0 aliphatic carbocycles. The van der Waals surface area contributed by atoms with Gasteiger partial charge in [0, 0.05) is 71.4 Å². The zero-order valence-corrected chi connectivity index (χ0v) is 47.4. The number of rotatable bonds is 4. The van der Waals surface area contributed by atoms with Gasteiger partial charge in [-0.25, -0.2) is 0 Å². The lowest BCUT2D eigenvalue weighted by Crippen LogP contribution is -2.60. The molecule has 0 fully saturated rings. The molecule has 2 aliphatic rings. The molecule has 0 unspecified atom stereocenters. The second-order valence-corrected chi connectivity index (χ2v) is 24.2.